The summed E-state index contributed by atoms with van der Waals surface area (Å²) in [6.07, 6.45) is 0. The summed E-state index contributed by atoms with van der Waals surface area (Å²) >= 11 is 1.45. The molecule has 0 saturated heterocycles. The maximum atomic E-state index is 12.9. The first-order chi connectivity index (χ1) is 12.9. The average Bonchev–Trinajstić information content (AvgIpc) is 2.67. The molecule has 27 heavy (non-hydrogen) atoms. The minimum Gasteiger partial charge on any atom is -0.325 e. The molecule has 7 heteroatoms. The zero-order valence-corrected chi connectivity index (χ0v) is 15.9. The minimum atomic E-state index is -3.76. The maximum Gasteiger partial charge on any atom is 0.242 e. The quantitative estimate of drug-likeness (QED) is 0.618. The summed E-state index contributed by atoms with van der Waals surface area (Å²) in [5, 5.41) is 7.49. The standard InChI is InChI=1S/C20H18N2O3S2/c21-27(24,25)18-13-11-16(12-14-18)22-20(23)19(15-7-3-1-4-8-15)26-17-9-5-2-6-10-17/h1-14,19H,(H,22,23)(H2,21,24,25)/t19-/m1/s1. The van der Waals surface area contributed by atoms with Crippen molar-refractivity contribution in [2.24, 2.45) is 5.14 Å². The highest BCUT2D eigenvalue weighted by Crippen LogP contribution is 2.36. The van der Waals surface area contributed by atoms with Crippen LogP contribution in [0, 0.1) is 0 Å². The van der Waals surface area contributed by atoms with Crippen LogP contribution < -0.4 is 10.5 Å². The molecule has 0 aliphatic carbocycles. The Kier molecular flexibility index (Phi) is 5.95. The fourth-order valence-corrected chi connectivity index (χ4v) is 4.03. The van der Waals surface area contributed by atoms with Gasteiger partial charge in [-0.25, -0.2) is 13.6 Å². The molecule has 0 aromatic heterocycles. The van der Waals surface area contributed by atoms with Crippen LogP contribution in [0.5, 0.6) is 0 Å². The lowest BCUT2D eigenvalue weighted by molar-refractivity contribution is -0.115. The van der Waals surface area contributed by atoms with Crippen molar-refractivity contribution >= 4 is 33.4 Å². The van der Waals surface area contributed by atoms with Crippen molar-refractivity contribution in [3.05, 3.63) is 90.5 Å². The van der Waals surface area contributed by atoms with Gasteiger partial charge in [0.25, 0.3) is 0 Å². The molecular formula is C20H18N2O3S2. The van der Waals surface area contributed by atoms with Crippen LogP contribution in [-0.2, 0) is 14.8 Å². The normalized spacial score (nSPS) is 12.3. The molecule has 138 valence electrons. The van der Waals surface area contributed by atoms with E-state index in [4.69, 9.17) is 5.14 Å². The average molecular weight is 399 g/mol. The Hall–Kier alpha value is -2.61. The minimum absolute atomic E-state index is 0.00114. The molecule has 3 rings (SSSR count). The number of hydrogen-bond donors (Lipinski definition) is 2. The summed E-state index contributed by atoms with van der Waals surface area (Å²) in [7, 11) is -3.76. The van der Waals surface area contributed by atoms with Crippen LogP contribution in [-0.4, -0.2) is 14.3 Å². The largest absolute Gasteiger partial charge is 0.325 e. The molecule has 0 saturated carbocycles. The topological polar surface area (TPSA) is 89.3 Å². The van der Waals surface area contributed by atoms with Crippen LogP contribution in [0.4, 0.5) is 5.69 Å². The highest BCUT2D eigenvalue weighted by atomic mass is 32.2. The zero-order valence-electron chi connectivity index (χ0n) is 14.3. The summed E-state index contributed by atoms with van der Waals surface area (Å²) in [4.78, 5) is 13.9. The van der Waals surface area contributed by atoms with Crippen molar-refractivity contribution in [1.29, 1.82) is 0 Å². The second-order valence-corrected chi connectivity index (χ2v) is 8.52. The first-order valence-electron chi connectivity index (χ1n) is 8.14. The lowest BCUT2D eigenvalue weighted by Gasteiger charge is -2.17. The zero-order chi connectivity index (χ0) is 19.3. The smallest absolute Gasteiger partial charge is 0.242 e. The van der Waals surface area contributed by atoms with E-state index in [1.165, 1.54) is 36.0 Å². The van der Waals surface area contributed by atoms with Crippen LogP contribution in [0.2, 0.25) is 0 Å². The number of nitrogens with two attached hydrogens (primary N) is 1. The number of thioether (sulfide) groups is 1. The molecule has 3 aromatic carbocycles. The molecule has 0 heterocycles. The number of anilines is 1. The van der Waals surface area contributed by atoms with Crippen molar-refractivity contribution in [2.75, 3.05) is 5.32 Å². The molecule has 0 aliphatic heterocycles. The molecule has 0 fully saturated rings. The van der Waals surface area contributed by atoms with E-state index in [1.54, 1.807) is 0 Å². The number of benzene rings is 3. The van der Waals surface area contributed by atoms with E-state index in [9.17, 15) is 13.2 Å². The molecule has 3 N–H and O–H groups in total. The van der Waals surface area contributed by atoms with E-state index >= 15 is 0 Å². The highest BCUT2D eigenvalue weighted by molar-refractivity contribution is 8.00. The monoisotopic (exact) mass is 398 g/mol. The Morgan fingerprint density at radius 3 is 1.96 bits per heavy atom. The Morgan fingerprint density at radius 2 is 1.41 bits per heavy atom. The first-order valence-corrected chi connectivity index (χ1v) is 10.6. The van der Waals surface area contributed by atoms with E-state index in [0.717, 1.165) is 10.5 Å². The summed E-state index contributed by atoms with van der Waals surface area (Å²) in [5.74, 6) is -0.196. The first kappa shape index (κ1) is 19.2. The molecule has 0 spiro atoms. The molecule has 1 amide bonds. The Labute approximate surface area is 162 Å². The van der Waals surface area contributed by atoms with E-state index in [-0.39, 0.29) is 10.8 Å². The van der Waals surface area contributed by atoms with Crippen molar-refractivity contribution in [1.82, 2.24) is 0 Å². The van der Waals surface area contributed by atoms with Crippen LogP contribution in [0.3, 0.4) is 0 Å². The number of carbonyl (C=O) groups is 1. The van der Waals surface area contributed by atoms with E-state index in [1.807, 2.05) is 60.7 Å². The van der Waals surface area contributed by atoms with Crippen molar-refractivity contribution in [3.8, 4) is 0 Å². The van der Waals surface area contributed by atoms with Gasteiger partial charge in [-0.05, 0) is 42.0 Å². The van der Waals surface area contributed by atoms with Gasteiger partial charge in [-0.1, -0.05) is 48.5 Å². The third-order valence-corrected chi connectivity index (χ3v) is 5.98. The highest BCUT2D eigenvalue weighted by Gasteiger charge is 2.22. The van der Waals surface area contributed by atoms with E-state index in [0.29, 0.717) is 5.69 Å². The number of primary sulfonamides is 1. The van der Waals surface area contributed by atoms with Crippen LogP contribution >= 0.6 is 11.8 Å². The van der Waals surface area contributed by atoms with Crippen molar-refractivity contribution in [2.45, 2.75) is 15.0 Å². The molecule has 0 bridgehead atoms. The maximum absolute atomic E-state index is 12.9. The van der Waals surface area contributed by atoms with Gasteiger partial charge in [0.1, 0.15) is 5.25 Å². The fraction of sp³-hybridized carbons (Fsp3) is 0.0500. The van der Waals surface area contributed by atoms with Crippen molar-refractivity contribution in [3.63, 3.8) is 0 Å². The molecular weight excluding hydrogens is 380 g/mol. The van der Waals surface area contributed by atoms with Gasteiger partial charge in [-0.15, -0.1) is 11.8 Å². The Balaban J connectivity index is 1.82. The second-order valence-electron chi connectivity index (χ2n) is 5.78. The van der Waals surface area contributed by atoms with Gasteiger partial charge in [0.05, 0.1) is 4.90 Å². The molecule has 0 aliphatic rings. The summed E-state index contributed by atoms with van der Waals surface area (Å²) in [5.41, 5.74) is 1.38. The molecule has 0 unspecified atom stereocenters. The predicted molar refractivity (Wildman–Crippen MR) is 108 cm³/mol. The summed E-state index contributed by atoms with van der Waals surface area (Å²) < 4.78 is 22.7. The van der Waals surface area contributed by atoms with Gasteiger partial charge in [-0.2, -0.15) is 0 Å². The van der Waals surface area contributed by atoms with Crippen molar-refractivity contribution < 1.29 is 13.2 Å². The molecule has 5 nitrogen and oxygen atoms in total. The van der Waals surface area contributed by atoms with E-state index in [2.05, 4.69) is 5.32 Å². The summed E-state index contributed by atoms with van der Waals surface area (Å²) in [6.45, 7) is 0. The molecule has 1 atom stereocenters. The summed E-state index contributed by atoms with van der Waals surface area (Å²) in [6, 6.07) is 25.0. The number of rotatable bonds is 6. The number of sulfonamides is 1. The van der Waals surface area contributed by atoms with Gasteiger partial charge >= 0.3 is 0 Å². The Morgan fingerprint density at radius 1 is 0.852 bits per heavy atom. The fourth-order valence-electron chi connectivity index (χ4n) is 2.47. The number of carbonyl (C=O) groups excluding carboxylic acids is 1. The third kappa shape index (κ3) is 5.19. The lowest BCUT2D eigenvalue weighted by atomic mass is 10.1. The lowest BCUT2D eigenvalue weighted by Crippen LogP contribution is -2.19. The van der Waals surface area contributed by atoms with Gasteiger partial charge in [0, 0.05) is 10.6 Å². The number of amides is 1. The van der Waals surface area contributed by atoms with Gasteiger partial charge in [0.2, 0.25) is 15.9 Å². The SMILES string of the molecule is NS(=O)(=O)c1ccc(NC(=O)[C@H](Sc2ccccc2)c2ccccc2)cc1. The van der Waals surface area contributed by atoms with Gasteiger partial charge < -0.3 is 5.32 Å². The number of hydrogen-bond acceptors (Lipinski definition) is 4. The predicted octanol–water partition coefficient (Wildman–Crippen LogP) is 3.81. The van der Waals surface area contributed by atoms with Gasteiger partial charge in [0.15, 0.2) is 0 Å². The van der Waals surface area contributed by atoms with E-state index < -0.39 is 15.3 Å². The van der Waals surface area contributed by atoms with Gasteiger partial charge in [-0.3, -0.25) is 4.79 Å². The number of nitrogens with one attached hydrogen (secondary N) is 1. The third-order valence-electron chi connectivity index (χ3n) is 3.79. The Bertz CT molecular complexity index is 1010. The molecule has 0 radical (unpaired) electrons. The second kappa shape index (κ2) is 8.39. The van der Waals surface area contributed by atoms with Crippen LogP contribution in [0.25, 0.3) is 0 Å². The molecule has 3 aromatic rings. The van der Waals surface area contributed by atoms with Crippen LogP contribution in [0.15, 0.2) is 94.7 Å². The van der Waals surface area contributed by atoms with Crippen LogP contribution in [0.1, 0.15) is 10.8 Å².